The van der Waals surface area contributed by atoms with Gasteiger partial charge in [0, 0.05) is 24.7 Å². The van der Waals surface area contributed by atoms with Crippen molar-refractivity contribution in [2.45, 2.75) is 32.1 Å². The maximum absolute atomic E-state index is 13.0. The van der Waals surface area contributed by atoms with Crippen LogP contribution in [0.2, 0.25) is 0 Å². The zero-order valence-electron chi connectivity index (χ0n) is 12.5. The molecule has 0 spiro atoms. The van der Waals surface area contributed by atoms with Gasteiger partial charge in [-0.1, -0.05) is 6.07 Å². The lowest BCUT2D eigenvalue weighted by atomic mass is 9.51. The van der Waals surface area contributed by atoms with Gasteiger partial charge in [-0.25, -0.2) is 0 Å². The number of carbonyl (C=O) groups is 1. The molecule has 0 aromatic heterocycles. The number of phenolic OH excluding ortho intramolecular Hbond substituents is 1. The molecule has 1 aromatic rings. The van der Waals surface area contributed by atoms with E-state index in [4.69, 9.17) is 0 Å². The minimum atomic E-state index is 0.213. The third-order valence-corrected chi connectivity index (χ3v) is 6.06. The first-order chi connectivity index (χ1) is 10.1. The standard InChI is InChI=1S/C18H23NO2/c1-19(15-3-2-4-16(20)10-15)18(21)17-13-6-11-5-12(8-13)9-14(17)7-11/h2-4,10-14,17,20H,5-9H2,1H3. The highest BCUT2D eigenvalue weighted by atomic mass is 16.3. The quantitative estimate of drug-likeness (QED) is 0.904. The van der Waals surface area contributed by atoms with Crippen LogP contribution in [-0.2, 0) is 4.79 Å². The second-order valence-electron chi connectivity index (χ2n) is 7.37. The smallest absolute Gasteiger partial charge is 0.230 e. The molecule has 0 atom stereocenters. The van der Waals surface area contributed by atoms with Gasteiger partial charge in [-0.3, -0.25) is 4.79 Å². The Morgan fingerprint density at radius 1 is 1.10 bits per heavy atom. The van der Waals surface area contributed by atoms with E-state index in [0.717, 1.165) is 17.5 Å². The summed E-state index contributed by atoms with van der Waals surface area (Å²) in [6, 6.07) is 7.01. The van der Waals surface area contributed by atoms with Crippen molar-refractivity contribution in [1.29, 1.82) is 0 Å². The van der Waals surface area contributed by atoms with Crippen molar-refractivity contribution in [2.75, 3.05) is 11.9 Å². The van der Waals surface area contributed by atoms with Gasteiger partial charge in [-0.2, -0.15) is 0 Å². The maximum atomic E-state index is 13.0. The highest BCUT2D eigenvalue weighted by molar-refractivity contribution is 5.95. The summed E-state index contributed by atoms with van der Waals surface area (Å²) >= 11 is 0. The van der Waals surface area contributed by atoms with E-state index >= 15 is 0 Å². The summed E-state index contributed by atoms with van der Waals surface area (Å²) in [6.45, 7) is 0. The number of carbonyl (C=O) groups excluding carboxylic acids is 1. The summed E-state index contributed by atoms with van der Waals surface area (Å²) in [5.41, 5.74) is 0.800. The van der Waals surface area contributed by atoms with Gasteiger partial charge in [-0.15, -0.1) is 0 Å². The second kappa shape index (κ2) is 4.75. The van der Waals surface area contributed by atoms with Gasteiger partial charge in [0.05, 0.1) is 0 Å². The van der Waals surface area contributed by atoms with Gasteiger partial charge in [0.2, 0.25) is 5.91 Å². The van der Waals surface area contributed by atoms with Gasteiger partial charge in [0.15, 0.2) is 0 Å². The lowest BCUT2D eigenvalue weighted by molar-refractivity contribution is -0.135. The van der Waals surface area contributed by atoms with Crippen molar-refractivity contribution in [3.05, 3.63) is 24.3 Å². The zero-order valence-corrected chi connectivity index (χ0v) is 12.5. The highest BCUT2D eigenvalue weighted by Crippen LogP contribution is 2.56. The van der Waals surface area contributed by atoms with Crippen LogP contribution in [-0.4, -0.2) is 18.1 Å². The van der Waals surface area contributed by atoms with Crippen molar-refractivity contribution in [3.8, 4) is 5.75 Å². The van der Waals surface area contributed by atoms with Gasteiger partial charge in [-0.05, 0) is 67.9 Å². The predicted molar refractivity (Wildman–Crippen MR) is 82.1 cm³/mol. The van der Waals surface area contributed by atoms with Gasteiger partial charge >= 0.3 is 0 Å². The molecule has 21 heavy (non-hydrogen) atoms. The summed E-state index contributed by atoms with van der Waals surface area (Å²) in [5.74, 6) is 3.68. The van der Waals surface area contributed by atoms with E-state index in [1.54, 1.807) is 23.1 Å². The monoisotopic (exact) mass is 285 g/mol. The molecule has 1 N–H and O–H groups in total. The second-order valence-corrected chi connectivity index (χ2v) is 7.37. The molecule has 3 nitrogen and oxygen atoms in total. The van der Waals surface area contributed by atoms with E-state index in [1.807, 2.05) is 13.1 Å². The summed E-state index contributed by atoms with van der Waals surface area (Å²) in [7, 11) is 1.85. The lowest BCUT2D eigenvalue weighted by Gasteiger charge is -2.54. The Balaban J connectivity index is 1.57. The Labute approximate surface area is 126 Å². The van der Waals surface area contributed by atoms with Crippen LogP contribution in [0.4, 0.5) is 5.69 Å². The van der Waals surface area contributed by atoms with Crippen LogP contribution in [0.25, 0.3) is 0 Å². The largest absolute Gasteiger partial charge is 0.508 e. The van der Waals surface area contributed by atoms with Crippen molar-refractivity contribution in [3.63, 3.8) is 0 Å². The number of benzene rings is 1. The fourth-order valence-corrected chi connectivity index (χ4v) is 5.38. The molecule has 4 aliphatic rings. The third-order valence-electron chi connectivity index (χ3n) is 6.06. The van der Waals surface area contributed by atoms with E-state index < -0.39 is 0 Å². The molecule has 0 heterocycles. The average Bonchev–Trinajstić information content (AvgIpc) is 2.45. The van der Waals surface area contributed by atoms with Crippen molar-refractivity contribution in [1.82, 2.24) is 0 Å². The van der Waals surface area contributed by atoms with Gasteiger partial charge < -0.3 is 10.0 Å². The molecule has 1 amide bonds. The molecule has 4 fully saturated rings. The number of aromatic hydroxyl groups is 1. The van der Waals surface area contributed by atoms with Crippen molar-refractivity contribution >= 4 is 11.6 Å². The van der Waals surface area contributed by atoms with Crippen LogP contribution < -0.4 is 4.90 Å². The first kappa shape index (κ1) is 13.2. The summed E-state index contributed by atoms with van der Waals surface area (Å²) < 4.78 is 0. The topological polar surface area (TPSA) is 40.5 Å². The molecule has 0 unspecified atom stereocenters. The van der Waals surface area contributed by atoms with Crippen LogP contribution in [0.1, 0.15) is 32.1 Å². The molecule has 4 saturated carbocycles. The molecule has 0 radical (unpaired) electrons. The minimum Gasteiger partial charge on any atom is -0.508 e. The molecule has 112 valence electrons. The Bertz CT molecular complexity index is 540. The number of rotatable bonds is 2. The molecule has 0 saturated heterocycles. The molecule has 4 bridgehead atoms. The minimum absolute atomic E-state index is 0.213. The van der Waals surface area contributed by atoms with E-state index in [-0.39, 0.29) is 17.6 Å². The van der Waals surface area contributed by atoms with Crippen molar-refractivity contribution in [2.24, 2.45) is 29.6 Å². The lowest BCUT2D eigenvalue weighted by Crippen LogP contribution is -2.51. The number of hydrogen-bond acceptors (Lipinski definition) is 2. The number of hydrogen-bond donors (Lipinski definition) is 1. The Hall–Kier alpha value is -1.51. The fourth-order valence-electron chi connectivity index (χ4n) is 5.38. The number of amides is 1. The molecular formula is C18H23NO2. The predicted octanol–water partition coefficient (Wildman–Crippen LogP) is 3.43. The maximum Gasteiger partial charge on any atom is 0.230 e. The molecule has 1 aromatic carbocycles. The number of phenols is 1. The first-order valence-corrected chi connectivity index (χ1v) is 8.18. The Morgan fingerprint density at radius 3 is 2.29 bits per heavy atom. The van der Waals surface area contributed by atoms with Gasteiger partial charge in [0.1, 0.15) is 5.75 Å². The van der Waals surface area contributed by atoms with Crippen LogP contribution >= 0.6 is 0 Å². The average molecular weight is 285 g/mol. The summed E-state index contributed by atoms with van der Waals surface area (Å²) in [4.78, 5) is 14.7. The van der Waals surface area contributed by atoms with E-state index in [9.17, 15) is 9.90 Å². The van der Waals surface area contributed by atoms with Crippen LogP contribution in [0.5, 0.6) is 5.75 Å². The highest BCUT2D eigenvalue weighted by Gasteiger charge is 2.51. The SMILES string of the molecule is CN(C(=O)C1C2CC3CC(C2)CC1C3)c1cccc(O)c1. The molecular weight excluding hydrogens is 262 g/mol. The number of nitrogens with zero attached hydrogens (tertiary/aromatic N) is 1. The number of anilines is 1. The Kier molecular flexibility index (Phi) is 2.98. The third kappa shape index (κ3) is 2.14. The molecule has 4 aliphatic carbocycles. The van der Waals surface area contributed by atoms with Crippen molar-refractivity contribution < 1.29 is 9.90 Å². The Morgan fingerprint density at radius 2 is 1.71 bits per heavy atom. The zero-order chi connectivity index (χ0) is 14.6. The molecule has 3 heteroatoms. The first-order valence-electron chi connectivity index (χ1n) is 8.18. The van der Waals surface area contributed by atoms with E-state index in [2.05, 4.69) is 0 Å². The summed E-state index contributed by atoms with van der Waals surface area (Å²) in [5, 5.41) is 9.62. The normalized spacial score (nSPS) is 36.7. The fraction of sp³-hybridized carbons (Fsp3) is 0.611. The summed E-state index contributed by atoms with van der Waals surface area (Å²) in [6.07, 6.45) is 6.46. The van der Waals surface area contributed by atoms with Crippen LogP contribution in [0, 0.1) is 29.6 Å². The molecule has 5 rings (SSSR count). The van der Waals surface area contributed by atoms with Crippen LogP contribution in [0.3, 0.4) is 0 Å². The van der Waals surface area contributed by atoms with Crippen LogP contribution in [0.15, 0.2) is 24.3 Å². The molecule has 0 aliphatic heterocycles. The van der Waals surface area contributed by atoms with E-state index in [1.165, 1.54) is 32.1 Å². The van der Waals surface area contributed by atoms with Gasteiger partial charge in [0.25, 0.3) is 0 Å². The van der Waals surface area contributed by atoms with E-state index in [0.29, 0.717) is 11.8 Å².